The van der Waals surface area contributed by atoms with Crippen molar-refractivity contribution in [2.45, 2.75) is 20.4 Å². The van der Waals surface area contributed by atoms with Gasteiger partial charge in [0.25, 0.3) is 0 Å². The van der Waals surface area contributed by atoms with Crippen molar-refractivity contribution in [3.63, 3.8) is 0 Å². The fraction of sp³-hybridized carbons (Fsp3) is 0.214. The molecule has 0 N–H and O–H groups in total. The van der Waals surface area contributed by atoms with Gasteiger partial charge in [-0.3, -0.25) is 4.98 Å². The van der Waals surface area contributed by atoms with Crippen LogP contribution in [-0.2, 0) is 11.3 Å². The first-order valence-corrected chi connectivity index (χ1v) is 5.84. The number of pyridine rings is 1. The van der Waals surface area contributed by atoms with Crippen LogP contribution in [0.1, 0.15) is 11.3 Å². The lowest BCUT2D eigenvalue weighted by atomic mass is 9.63. The molecule has 0 unspecified atom stereocenters. The SMILES string of the molecule is CB(OCc1ccccn1)c1ccc(C)cc1. The molecule has 1 aromatic heterocycles. The highest BCUT2D eigenvalue weighted by atomic mass is 16.4. The van der Waals surface area contributed by atoms with E-state index in [-0.39, 0.29) is 6.92 Å². The summed E-state index contributed by atoms with van der Waals surface area (Å²) in [5.41, 5.74) is 3.43. The summed E-state index contributed by atoms with van der Waals surface area (Å²) < 4.78 is 5.79. The number of rotatable bonds is 4. The highest BCUT2D eigenvalue weighted by molar-refractivity contribution is 6.66. The van der Waals surface area contributed by atoms with Gasteiger partial charge in [0.05, 0.1) is 12.3 Å². The van der Waals surface area contributed by atoms with Crippen molar-refractivity contribution in [3.8, 4) is 0 Å². The highest BCUT2D eigenvalue weighted by Gasteiger charge is 2.11. The van der Waals surface area contributed by atoms with Crippen LogP contribution in [0.5, 0.6) is 0 Å². The van der Waals surface area contributed by atoms with Gasteiger partial charge in [-0.05, 0) is 24.5 Å². The number of aromatic nitrogens is 1. The van der Waals surface area contributed by atoms with E-state index in [2.05, 4.69) is 43.0 Å². The summed E-state index contributed by atoms with van der Waals surface area (Å²) in [6.07, 6.45) is 1.79. The van der Waals surface area contributed by atoms with E-state index in [9.17, 15) is 0 Å². The Balaban J connectivity index is 1.93. The van der Waals surface area contributed by atoms with E-state index in [0.29, 0.717) is 6.61 Å². The standard InChI is InChI=1S/C14H16BNO/c1-12-6-8-13(9-7-12)15(2)17-11-14-5-3-4-10-16-14/h3-10H,11H2,1-2H3. The summed E-state index contributed by atoms with van der Waals surface area (Å²) in [4.78, 5) is 4.23. The molecule has 0 amide bonds. The van der Waals surface area contributed by atoms with Crippen LogP contribution < -0.4 is 5.46 Å². The van der Waals surface area contributed by atoms with Crippen molar-refractivity contribution in [2.24, 2.45) is 0 Å². The molecule has 2 aromatic rings. The predicted octanol–water partition coefficient (Wildman–Crippen LogP) is 2.44. The largest absolute Gasteiger partial charge is 0.425 e. The number of nitrogens with zero attached hydrogens (tertiary/aromatic N) is 1. The molecule has 0 fully saturated rings. The van der Waals surface area contributed by atoms with Crippen molar-refractivity contribution >= 4 is 12.4 Å². The molecule has 17 heavy (non-hydrogen) atoms. The van der Waals surface area contributed by atoms with Gasteiger partial charge < -0.3 is 4.65 Å². The van der Waals surface area contributed by atoms with Gasteiger partial charge in [0.2, 0.25) is 0 Å². The van der Waals surface area contributed by atoms with E-state index in [0.717, 1.165) is 5.69 Å². The Bertz CT molecular complexity index is 455. The molecule has 2 rings (SSSR count). The second kappa shape index (κ2) is 5.64. The van der Waals surface area contributed by atoms with Crippen LogP contribution in [0, 0.1) is 6.92 Å². The van der Waals surface area contributed by atoms with Gasteiger partial charge in [0.1, 0.15) is 0 Å². The maximum Gasteiger partial charge on any atom is 0.324 e. The third kappa shape index (κ3) is 3.43. The lowest BCUT2D eigenvalue weighted by Gasteiger charge is -2.10. The van der Waals surface area contributed by atoms with Crippen molar-refractivity contribution < 1.29 is 4.65 Å². The Morgan fingerprint density at radius 3 is 2.53 bits per heavy atom. The van der Waals surface area contributed by atoms with E-state index in [1.807, 2.05) is 18.2 Å². The first kappa shape index (κ1) is 11.9. The minimum Gasteiger partial charge on any atom is -0.425 e. The molecule has 0 spiro atoms. The number of aryl methyl sites for hydroxylation is 1. The Labute approximate surface area is 103 Å². The summed E-state index contributed by atoms with van der Waals surface area (Å²) >= 11 is 0. The number of hydrogen-bond acceptors (Lipinski definition) is 2. The van der Waals surface area contributed by atoms with Crippen LogP contribution >= 0.6 is 0 Å². The molecule has 0 aliphatic heterocycles. The van der Waals surface area contributed by atoms with Gasteiger partial charge in [0, 0.05) is 6.20 Å². The summed E-state index contributed by atoms with van der Waals surface area (Å²) in [7, 11) is 0. The Hall–Kier alpha value is -1.61. The average molecular weight is 225 g/mol. The van der Waals surface area contributed by atoms with Crippen LogP contribution in [0.4, 0.5) is 0 Å². The van der Waals surface area contributed by atoms with E-state index in [1.165, 1.54) is 11.0 Å². The molecule has 0 saturated carbocycles. The Morgan fingerprint density at radius 1 is 1.12 bits per heavy atom. The normalized spacial score (nSPS) is 10.2. The van der Waals surface area contributed by atoms with Gasteiger partial charge >= 0.3 is 6.92 Å². The lowest BCUT2D eigenvalue weighted by molar-refractivity contribution is 0.313. The molecule has 0 radical (unpaired) electrons. The molecule has 0 aliphatic carbocycles. The van der Waals surface area contributed by atoms with Gasteiger partial charge in [0.15, 0.2) is 0 Å². The van der Waals surface area contributed by atoms with E-state index in [1.54, 1.807) is 6.20 Å². The quantitative estimate of drug-likeness (QED) is 0.745. The second-order valence-corrected chi connectivity index (χ2v) is 4.18. The highest BCUT2D eigenvalue weighted by Crippen LogP contribution is 2.00. The van der Waals surface area contributed by atoms with Crippen molar-refractivity contribution in [1.29, 1.82) is 0 Å². The molecule has 3 heteroatoms. The lowest BCUT2D eigenvalue weighted by Crippen LogP contribution is -2.29. The van der Waals surface area contributed by atoms with Crippen LogP contribution in [0.3, 0.4) is 0 Å². The maximum atomic E-state index is 5.79. The van der Waals surface area contributed by atoms with Crippen LogP contribution in [0.2, 0.25) is 6.82 Å². The Morgan fingerprint density at radius 2 is 1.88 bits per heavy atom. The molecule has 0 aliphatic rings. The smallest absolute Gasteiger partial charge is 0.324 e. The van der Waals surface area contributed by atoms with Gasteiger partial charge in [-0.25, -0.2) is 0 Å². The van der Waals surface area contributed by atoms with E-state index in [4.69, 9.17) is 4.65 Å². The van der Waals surface area contributed by atoms with E-state index >= 15 is 0 Å². The van der Waals surface area contributed by atoms with Crippen LogP contribution in [0.15, 0.2) is 48.7 Å². The van der Waals surface area contributed by atoms with Gasteiger partial charge in [-0.15, -0.1) is 0 Å². The molecular formula is C14H16BNO. The summed E-state index contributed by atoms with van der Waals surface area (Å²) in [6.45, 7) is 4.80. The Kier molecular flexibility index (Phi) is 3.94. The molecule has 1 heterocycles. The maximum absolute atomic E-state index is 5.79. The number of benzene rings is 1. The monoisotopic (exact) mass is 225 g/mol. The molecule has 0 saturated heterocycles. The molecule has 1 aromatic carbocycles. The third-order valence-corrected chi connectivity index (χ3v) is 2.75. The fourth-order valence-electron chi connectivity index (χ4n) is 1.63. The van der Waals surface area contributed by atoms with Gasteiger partial charge in [-0.2, -0.15) is 0 Å². The zero-order chi connectivity index (χ0) is 12.1. The fourth-order valence-corrected chi connectivity index (χ4v) is 1.63. The molecular weight excluding hydrogens is 209 g/mol. The minimum absolute atomic E-state index is 0.0950. The first-order valence-electron chi connectivity index (χ1n) is 5.84. The van der Waals surface area contributed by atoms with Crippen molar-refractivity contribution in [2.75, 3.05) is 0 Å². The topological polar surface area (TPSA) is 22.1 Å². The third-order valence-electron chi connectivity index (χ3n) is 2.75. The summed E-state index contributed by atoms with van der Waals surface area (Å²) in [6, 6.07) is 14.3. The van der Waals surface area contributed by atoms with Crippen molar-refractivity contribution in [1.82, 2.24) is 4.98 Å². The van der Waals surface area contributed by atoms with E-state index < -0.39 is 0 Å². The molecule has 0 atom stereocenters. The summed E-state index contributed by atoms with van der Waals surface area (Å²) in [5.74, 6) is 0. The first-order chi connectivity index (χ1) is 8.25. The average Bonchev–Trinajstić information content (AvgIpc) is 2.38. The van der Waals surface area contributed by atoms with Crippen molar-refractivity contribution in [3.05, 3.63) is 59.9 Å². The van der Waals surface area contributed by atoms with Crippen LogP contribution in [0.25, 0.3) is 0 Å². The predicted molar refractivity (Wildman–Crippen MR) is 71.5 cm³/mol. The molecule has 2 nitrogen and oxygen atoms in total. The second-order valence-electron chi connectivity index (χ2n) is 4.18. The zero-order valence-electron chi connectivity index (χ0n) is 10.3. The summed E-state index contributed by atoms with van der Waals surface area (Å²) in [5, 5.41) is 0. The van der Waals surface area contributed by atoms with Gasteiger partial charge in [-0.1, -0.05) is 42.7 Å². The molecule has 86 valence electrons. The number of hydrogen-bond donors (Lipinski definition) is 0. The minimum atomic E-state index is 0.0950. The molecule has 0 bridgehead atoms. The van der Waals surface area contributed by atoms with Crippen LogP contribution in [-0.4, -0.2) is 11.9 Å². The zero-order valence-corrected chi connectivity index (χ0v) is 10.3.